The standard InChI is InChI=1S/C13H13FN2S/c1-9-6-7-16-13(10(9)8-15)17-12-5-3-2-4-11(12)14/h2-7H,8,15H2,1H3. The van der Waals surface area contributed by atoms with E-state index in [1.807, 2.05) is 19.1 Å². The second-order valence-electron chi connectivity index (χ2n) is 3.65. The van der Waals surface area contributed by atoms with Crippen LogP contribution in [-0.2, 0) is 6.54 Å². The molecule has 4 heteroatoms. The van der Waals surface area contributed by atoms with Gasteiger partial charge in [0.25, 0.3) is 0 Å². The number of hydrogen-bond donors (Lipinski definition) is 1. The zero-order chi connectivity index (χ0) is 12.3. The van der Waals surface area contributed by atoms with Gasteiger partial charge in [0, 0.05) is 23.2 Å². The van der Waals surface area contributed by atoms with E-state index in [-0.39, 0.29) is 5.82 Å². The number of nitrogens with zero attached hydrogens (tertiary/aromatic N) is 1. The zero-order valence-electron chi connectivity index (χ0n) is 9.48. The molecular weight excluding hydrogens is 235 g/mol. The summed E-state index contributed by atoms with van der Waals surface area (Å²) in [4.78, 5) is 4.83. The highest BCUT2D eigenvalue weighted by atomic mass is 32.2. The molecule has 0 amide bonds. The first-order chi connectivity index (χ1) is 8.22. The van der Waals surface area contributed by atoms with Crippen LogP contribution in [0.5, 0.6) is 0 Å². The number of pyridine rings is 1. The van der Waals surface area contributed by atoms with Crippen molar-refractivity contribution in [2.24, 2.45) is 5.73 Å². The number of halogens is 1. The van der Waals surface area contributed by atoms with Gasteiger partial charge in [0.15, 0.2) is 0 Å². The highest BCUT2D eigenvalue weighted by Gasteiger charge is 2.09. The van der Waals surface area contributed by atoms with Gasteiger partial charge in [0.2, 0.25) is 0 Å². The van der Waals surface area contributed by atoms with E-state index in [1.165, 1.54) is 17.8 Å². The van der Waals surface area contributed by atoms with Crippen LogP contribution in [-0.4, -0.2) is 4.98 Å². The van der Waals surface area contributed by atoms with Crippen molar-refractivity contribution in [3.05, 3.63) is 53.5 Å². The topological polar surface area (TPSA) is 38.9 Å². The molecule has 1 aromatic carbocycles. The fourth-order valence-electron chi connectivity index (χ4n) is 1.53. The van der Waals surface area contributed by atoms with Crippen LogP contribution in [0.1, 0.15) is 11.1 Å². The molecule has 0 radical (unpaired) electrons. The first kappa shape index (κ1) is 12.1. The number of nitrogens with two attached hydrogens (primary N) is 1. The Balaban J connectivity index is 2.37. The van der Waals surface area contributed by atoms with E-state index in [9.17, 15) is 4.39 Å². The maximum absolute atomic E-state index is 13.5. The van der Waals surface area contributed by atoms with Gasteiger partial charge in [-0.3, -0.25) is 0 Å². The molecular formula is C13H13FN2S. The van der Waals surface area contributed by atoms with Crippen LogP contribution in [0.4, 0.5) is 4.39 Å². The molecule has 0 saturated heterocycles. The summed E-state index contributed by atoms with van der Waals surface area (Å²) in [5.41, 5.74) is 7.75. The Bertz CT molecular complexity index is 529. The monoisotopic (exact) mass is 248 g/mol. The molecule has 2 rings (SSSR count). The van der Waals surface area contributed by atoms with Gasteiger partial charge in [-0.25, -0.2) is 9.37 Å². The molecule has 0 aliphatic heterocycles. The molecule has 1 aromatic heterocycles. The molecule has 88 valence electrons. The largest absolute Gasteiger partial charge is 0.326 e. The second-order valence-corrected chi connectivity index (χ2v) is 4.68. The third kappa shape index (κ3) is 2.65. The molecule has 2 N–H and O–H groups in total. The van der Waals surface area contributed by atoms with Gasteiger partial charge >= 0.3 is 0 Å². The molecule has 0 spiro atoms. The van der Waals surface area contributed by atoms with Gasteiger partial charge < -0.3 is 5.73 Å². The molecule has 0 aliphatic carbocycles. The quantitative estimate of drug-likeness (QED) is 0.907. The van der Waals surface area contributed by atoms with Gasteiger partial charge in [-0.15, -0.1) is 0 Å². The summed E-state index contributed by atoms with van der Waals surface area (Å²) in [6.45, 7) is 2.39. The van der Waals surface area contributed by atoms with Crippen molar-refractivity contribution >= 4 is 11.8 Å². The van der Waals surface area contributed by atoms with Crippen molar-refractivity contribution < 1.29 is 4.39 Å². The van der Waals surface area contributed by atoms with Crippen LogP contribution in [0, 0.1) is 12.7 Å². The van der Waals surface area contributed by atoms with Gasteiger partial charge in [0.05, 0.1) is 0 Å². The lowest BCUT2D eigenvalue weighted by molar-refractivity contribution is 0.602. The van der Waals surface area contributed by atoms with Gasteiger partial charge in [-0.2, -0.15) is 0 Å². The van der Waals surface area contributed by atoms with Gasteiger partial charge in [-0.05, 0) is 30.7 Å². The van der Waals surface area contributed by atoms with E-state index in [1.54, 1.807) is 18.3 Å². The minimum Gasteiger partial charge on any atom is -0.326 e. The van der Waals surface area contributed by atoms with E-state index in [0.29, 0.717) is 11.4 Å². The van der Waals surface area contributed by atoms with Crippen molar-refractivity contribution in [2.75, 3.05) is 0 Å². The van der Waals surface area contributed by atoms with E-state index >= 15 is 0 Å². The lowest BCUT2D eigenvalue weighted by atomic mass is 10.2. The lowest BCUT2D eigenvalue weighted by Gasteiger charge is -2.09. The summed E-state index contributed by atoms with van der Waals surface area (Å²) in [6.07, 6.45) is 1.72. The fourth-order valence-corrected chi connectivity index (χ4v) is 2.53. The number of rotatable bonds is 3. The first-order valence-electron chi connectivity index (χ1n) is 5.29. The SMILES string of the molecule is Cc1ccnc(Sc2ccccc2F)c1CN. The average Bonchev–Trinajstić information content (AvgIpc) is 2.32. The van der Waals surface area contributed by atoms with Crippen LogP contribution >= 0.6 is 11.8 Å². The molecule has 0 bridgehead atoms. The normalized spacial score (nSPS) is 10.5. The Morgan fingerprint density at radius 3 is 2.76 bits per heavy atom. The lowest BCUT2D eigenvalue weighted by Crippen LogP contribution is -2.02. The van der Waals surface area contributed by atoms with Crippen molar-refractivity contribution in [1.29, 1.82) is 0 Å². The first-order valence-corrected chi connectivity index (χ1v) is 6.11. The molecule has 0 fully saturated rings. The minimum absolute atomic E-state index is 0.233. The maximum atomic E-state index is 13.5. The van der Waals surface area contributed by atoms with E-state index in [0.717, 1.165) is 16.2 Å². The van der Waals surface area contributed by atoms with Gasteiger partial charge in [0.1, 0.15) is 10.8 Å². The second kappa shape index (κ2) is 5.29. The third-order valence-corrected chi connectivity index (χ3v) is 3.59. The summed E-state index contributed by atoms with van der Waals surface area (Å²) in [6, 6.07) is 8.58. The Hall–Kier alpha value is -1.39. The molecule has 17 heavy (non-hydrogen) atoms. The van der Waals surface area contributed by atoms with Crippen molar-refractivity contribution in [3.63, 3.8) is 0 Å². The number of hydrogen-bond acceptors (Lipinski definition) is 3. The molecule has 0 aliphatic rings. The van der Waals surface area contributed by atoms with Crippen molar-refractivity contribution in [1.82, 2.24) is 4.98 Å². The Morgan fingerprint density at radius 1 is 1.29 bits per heavy atom. The van der Waals surface area contributed by atoms with Crippen LogP contribution in [0.15, 0.2) is 46.5 Å². The van der Waals surface area contributed by atoms with E-state index in [2.05, 4.69) is 4.98 Å². The number of benzene rings is 1. The highest BCUT2D eigenvalue weighted by Crippen LogP contribution is 2.31. The number of aromatic nitrogens is 1. The zero-order valence-corrected chi connectivity index (χ0v) is 10.3. The molecule has 2 nitrogen and oxygen atoms in total. The maximum Gasteiger partial charge on any atom is 0.137 e. The summed E-state index contributed by atoms with van der Waals surface area (Å²) in [5.74, 6) is -0.233. The molecule has 0 atom stereocenters. The van der Waals surface area contributed by atoms with Crippen molar-refractivity contribution in [3.8, 4) is 0 Å². The van der Waals surface area contributed by atoms with Crippen LogP contribution in [0.2, 0.25) is 0 Å². The Kier molecular flexibility index (Phi) is 3.76. The smallest absolute Gasteiger partial charge is 0.137 e. The van der Waals surface area contributed by atoms with E-state index in [4.69, 9.17) is 5.73 Å². The predicted molar refractivity (Wildman–Crippen MR) is 67.4 cm³/mol. The van der Waals surface area contributed by atoms with Crippen molar-refractivity contribution in [2.45, 2.75) is 23.4 Å². The van der Waals surface area contributed by atoms with Gasteiger partial charge in [-0.1, -0.05) is 23.9 Å². The molecule has 0 unspecified atom stereocenters. The van der Waals surface area contributed by atoms with Crippen LogP contribution in [0.25, 0.3) is 0 Å². The third-order valence-electron chi connectivity index (χ3n) is 2.50. The van der Waals surface area contributed by atoms with Crippen LogP contribution < -0.4 is 5.73 Å². The highest BCUT2D eigenvalue weighted by molar-refractivity contribution is 7.99. The average molecular weight is 248 g/mol. The molecule has 2 aromatic rings. The Morgan fingerprint density at radius 2 is 2.06 bits per heavy atom. The Labute approximate surface area is 104 Å². The number of aryl methyl sites for hydroxylation is 1. The van der Waals surface area contributed by atoms with Crippen LogP contribution in [0.3, 0.4) is 0 Å². The summed E-state index contributed by atoms with van der Waals surface area (Å²) in [5, 5.41) is 0.776. The molecule has 1 heterocycles. The van der Waals surface area contributed by atoms with E-state index < -0.39 is 0 Å². The predicted octanol–water partition coefficient (Wildman–Crippen LogP) is 3.14. The minimum atomic E-state index is -0.233. The molecule has 0 saturated carbocycles. The summed E-state index contributed by atoms with van der Waals surface area (Å²) in [7, 11) is 0. The fraction of sp³-hybridized carbons (Fsp3) is 0.154. The summed E-state index contributed by atoms with van der Waals surface area (Å²) >= 11 is 1.31. The summed E-state index contributed by atoms with van der Waals surface area (Å²) < 4.78 is 13.5.